The second kappa shape index (κ2) is 9.08. The zero-order valence-corrected chi connectivity index (χ0v) is 17.9. The average Bonchev–Trinajstić information content (AvgIpc) is 3.30. The molecule has 0 aliphatic carbocycles. The highest BCUT2D eigenvalue weighted by atomic mass is 35.5. The van der Waals surface area contributed by atoms with E-state index in [1.807, 2.05) is 12.1 Å². The van der Waals surface area contributed by atoms with Crippen molar-refractivity contribution in [2.75, 3.05) is 10.6 Å². The minimum absolute atomic E-state index is 0.0804. The van der Waals surface area contributed by atoms with Crippen molar-refractivity contribution in [2.24, 2.45) is 0 Å². The van der Waals surface area contributed by atoms with Crippen LogP contribution in [0.1, 0.15) is 5.56 Å². The summed E-state index contributed by atoms with van der Waals surface area (Å²) in [5.74, 6) is 0.215. The number of halogens is 5. The van der Waals surface area contributed by atoms with Crippen molar-refractivity contribution in [3.8, 4) is 22.5 Å². The first-order valence-electron chi connectivity index (χ1n) is 9.29. The maximum atomic E-state index is 13.1. The summed E-state index contributed by atoms with van der Waals surface area (Å²) in [5.41, 5.74) is 1.28. The topological polar surface area (TPSA) is 95.6 Å². The van der Waals surface area contributed by atoms with Gasteiger partial charge in [-0.15, -0.1) is 10.2 Å². The summed E-state index contributed by atoms with van der Waals surface area (Å²) in [7, 11) is 0. The van der Waals surface area contributed by atoms with Crippen LogP contribution in [0.2, 0.25) is 10.0 Å². The molecule has 0 saturated carbocycles. The van der Waals surface area contributed by atoms with E-state index < -0.39 is 22.8 Å². The third-order valence-electron chi connectivity index (χ3n) is 4.56. The van der Waals surface area contributed by atoms with Gasteiger partial charge >= 0.3 is 12.2 Å². The number of tetrazole rings is 1. The Balaban J connectivity index is 1.61. The van der Waals surface area contributed by atoms with E-state index in [0.717, 1.165) is 23.3 Å². The van der Waals surface area contributed by atoms with Gasteiger partial charge in [0.1, 0.15) is 0 Å². The van der Waals surface area contributed by atoms with Gasteiger partial charge in [-0.3, -0.25) is 0 Å². The second-order valence-electron chi connectivity index (χ2n) is 6.77. The van der Waals surface area contributed by atoms with Gasteiger partial charge in [0.25, 0.3) is 0 Å². The average molecular weight is 493 g/mol. The Hall–Kier alpha value is -3.63. The number of urea groups is 1. The lowest BCUT2D eigenvalue weighted by Gasteiger charge is -2.14. The Bertz CT molecular complexity index is 1290. The van der Waals surface area contributed by atoms with Gasteiger partial charge in [-0.25, -0.2) is 4.79 Å². The number of aromatic amines is 1. The Morgan fingerprint density at radius 3 is 2.30 bits per heavy atom. The third kappa shape index (κ3) is 5.24. The molecule has 12 heteroatoms. The van der Waals surface area contributed by atoms with Gasteiger partial charge in [0.2, 0.25) is 5.82 Å². The van der Waals surface area contributed by atoms with Crippen LogP contribution in [0.4, 0.5) is 29.3 Å². The SMILES string of the molecule is O=C(Nc1ccc(Cl)c(C(F)(F)F)c1)Nc1ccc(-c2ccc(Cl)cc2)cc1-c1nn[nH]n1. The van der Waals surface area contributed by atoms with Gasteiger partial charge in [0.15, 0.2) is 0 Å². The van der Waals surface area contributed by atoms with Crippen LogP contribution >= 0.6 is 23.2 Å². The van der Waals surface area contributed by atoms with Crippen molar-refractivity contribution < 1.29 is 18.0 Å². The van der Waals surface area contributed by atoms with Crippen LogP contribution in [0.15, 0.2) is 60.7 Å². The number of anilines is 2. The summed E-state index contributed by atoms with van der Waals surface area (Å²) in [4.78, 5) is 12.5. The molecule has 4 rings (SSSR count). The predicted molar refractivity (Wildman–Crippen MR) is 119 cm³/mol. The number of hydrogen-bond acceptors (Lipinski definition) is 4. The fourth-order valence-corrected chi connectivity index (χ4v) is 3.39. The number of amides is 2. The summed E-state index contributed by atoms with van der Waals surface area (Å²) in [6.45, 7) is 0. The van der Waals surface area contributed by atoms with Gasteiger partial charge < -0.3 is 10.6 Å². The minimum Gasteiger partial charge on any atom is -0.308 e. The van der Waals surface area contributed by atoms with Crippen LogP contribution in [0.3, 0.4) is 0 Å². The van der Waals surface area contributed by atoms with E-state index in [1.165, 1.54) is 6.07 Å². The van der Waals surface area contributed by atoms with E-state index in [4.69, 9.17) is 23.2 Å². The van der Waals surface area contributed by atoms with Crippen LogP contribution in [0.25, 0.3) is 22.5 Å². The molecule has 0 bridgehead atoms. The quantitative estimate of drug-likeness (QED) is 0.302. The number of nitrogens with one attached hydrogen (secondary N) is 3. The summed E-state index contributed by atoms with van der Waals surface area (Å²) in [5, 5.41) is 18.9. The largest absolute Gasteiger partial charge is 0.417 e. The van der Waals surface area contributed by atoms with Crippen LogP contribution in [-0.2, 0) is 6.18 Å². The molecule has 3 aromatic carbocycles. The maximum Gasteiger partial charge on any atom is 0.417 e. The second-order valence-corrected chi connectivity index (χ2v) is 7.62. The number of nitrogens with zero attached hydrogens (tertiary/aromatic N) is 3. The highest BCUT2D eigenvalue weighted by molar-refractivity contribution is 6.31. The van der Waals surface area contributed by atoms with Crippen molar-refractivity contribution >= 4 is 40.6 Å². The molecule has 3 N–H and O–H groups in total. The first-order valence-corrected chi connectivity index (χ1v) is 10.0. The number of benzene rings is 3. The molecular weight excluding hydrogens is 480 g/mol. The summed E-state index contributed by atoms with van der Waals surface area (Å²) >= 11 is 11.6. The molecule has 0 fully saturated rings. The van der Waals surface area contributed by atoms with Gasteiger partial charge in [0, 0.05) is 16.3 Å². The summed E-state index contributed by atoms with van der Waals surface area (Å²) in [6, 6.07) is 14.6. The van der Waals surface area contributed by atoms with E-state index in [1.54, 1.807) is 30.3 Å². The molecule has 0 saturated heterocycles. The number of H-pyrrole nitrogens is 1. The van der Waals surface area contributed by atoms with Crippen molar-refractivity contribution in [1.29, 1.82) is 0 Å². The van der Waals surface area contributed by atoms with E-state index in [0.29, 0.717) is 16.3 Å². The molecule has 0 aliphatic rings. The first-order chi connectivity index (χ1) is 15.7. The van der Waals surface area contributed by atoms with Crippen molar-refractivity contribution in [3.05, 3.63) is 76.3 Å². The van der Waals surface area contributed by atoms with E-state index in [9.17, 15) is 18.0 Å². The number of carbonyl (C=O) groups is 1. The molecule has 1 heterocycles. The van der Waals surface area contributed by atoms with Crippen LogP contribution in [-0.4, -0.2) is 26.7 Å². The Morgan fingerprint density at radius 2 is 1.64 bits per heavy atom. The highest BCUT2D eigenvalue weighted by Gasteiger charge is 2.33. The monoisotopic (exact) mass is 492 g/mol. The summed E-state index contributed by atoms with van der Waals surface area (Å²) < 4.78 is 39.2. The molecule has 168 valence electrons. The molecule has 0 spiro atoms. The van der Waals surface area contributed by atoms with Gasteiger partial charge in [0.05, 0.1) is 16.3 Å². The normalized spacial score (nSPS) is 11.3. The van der Waals surface area contributed by atoms with Gasteiger partial charge in [-0.2, -0.15) is 18.4 Å². The van der Waals surface area contributed by atoms with E-state index in [-0.39, 0.29) is 11.5 Å². The number of rotatable bonds is 4. The standard InChI is InChI=1S/C21H13Cl2F3N6O/c22-13-4-1-11(2-5-13)12-3-8-18(15(9-12)19-29-31-32-30-19)28-20(33)27-14-6-7-17(23)16(10-14)21(24,25)26/h1-10H,(H2,27,28,33)(H,29,30,31,32). The number of aromatic nitrogens is 4. The first kappa shape index (κ1) is 22.6. The lowest BCUT2D eigenvalue weighted by Crippen LogP contribution is -2.20. The van der Waals surface area contributed by atoms with E-state index >= 15 is 0 Å². The fourth-order valence-electron chi connectivity index (χ4n) is 3.04. The lowest BCUT2D eigenvalue weighted by atomic mass is 10.0. The highest BCUT2D eigenvalue weighted by Crippen LogP contribution is 2.36. The molecular formula is C21H13Cl2F3N6O. The molecule has 2 amide bonds. The molecule has 0 aliphatic heterocycles. The van der Waals surface area contributed by atoms with Crippen molar-refractivity contribution in [2.45, 2.75) is 6.18 Å². The number of carbonyl (C=O) groups excluding carboxylic acids is 1. The molecule has 0 radical (unpaired) electrons. The number of alkyl halides is 3. The third-order valence-corrected chi connectivity index (χ3v) is 5.14. The maximum absolute atomic E-state index is 13.1. The predicted octanol–water partition coefficient (Wildman–Crippen LogP) is 6.50. The zero-order chi connectivity index (χ0) is 23.6. The molecule has 0 atom stereocenters. The number of hydrogen-bond donors (Lipinski definition) is 3. The molecule has 0 unspecified atom stereocenters. The summed E-state index contributed by atoms with van der Waals surface area (Å²) in [6.07, 6.45) is -4.66. The van der Waals surface area contributed by atoms with Crippen LogP contribution in [0.5, 0.6) is 0 Å². The van der Waals surface area contributed by atoms with Gasteiger partial charge in [-0.1, -0.05) is 41.4 Å². The fraction of sp³-hybridized carbons (Fsp3) is 0.0476. The zero-order valence-electron chi connectivity index (χ0n) is 16.4. The molecule has 4 aromatic rings. The van der Waals surface area contributed by atoms with Crippen molar-refractivity contribution in [1.82, 2.24) is 20.6 Å². The Kier molecular flexibility index (Phi) is 6.21. The molecule has 33 heavy (non-hydrogen) atoms. The smallest absolute Gasteiger partial charge is 0.308 e. The van der Waals surface area contributed by atoms with E-state index in [2.05, 4.69) is 31.3 Å². The van der Waals surface area contributed by atoms with Crippen molar-refractivity contribution in [3.63, 3.8) is 0 Å². The van der Waals surface area contributed by atoms with Crippen LogP contribution < -0.4 is 10.6 Å². The van der Waals surface area contributed by atoms with Crippen LogP contribution in [0, 0.1) is 0 Å². The Labute approximate surface area is 194 Å². The Morgan fingerprint density at radius 1 is 0.909 bits per heavy atom. The van der Waals surface area contributed by atoms with Gasteiger partial charge in [-0.05, 0) is 58.8 Å². The minimum atomic E-state index is -4.66. The lowest BCUT2D eigenvalue weighted by molar-refractivity contribution is -0.137. The molecule has 1 aromatic heterocycles. The molecule has 7 nitrogen and oxygen atoms in total.